The number of ether oxygens (including phenoxy) is 1. The maximum absolute atomic E-state index is 9.69. The van der Waals surface area contributed by atoms with Gasteiger partial charge in [-0.05, 0) is 13.8 Å². The molecule has 88 valence electrons. The Bertz CT molecular complexity index is 246. The summed E-state index contributed by atoms with van der Waals surface area (Å²) in [5.74, 6) is 0. The Hall–Kier alpha value is -0.460. The van der Waals surface area contributed by atoms with Gasteiger partial charge >= 0.3 is 0 Å². The number of hydrogen-bond acceptors (Lipinski definition) is 5. The van der Waals surface area contributed by atoms with Gasteiger partial charge in [0.15, 0.2) is 0 Å². The highest BCUT2D eigenvalue weighted by atomic mass is 16.5. The zero-order chi connectivity index (χ0) is 11.7. The number of nitrogens with two attached hydrogens (primary N) is 1. The van der Waals surface area contributed by atoms with E-state index in [0.717, 1.165) is 0 Å². The van der Waals surface area contributed by atoms with E-state index in [1.54, 1.807) is 13.8 Å². The van der Waals surface area contributed by atoms with E-state index < -0.39 is 36.6 Å². The molecule has 0 aliphatic carbocycles. The summed E-state index contributed by atoms with van der Waals surface area (Å²) in [6.45, 7) is 7.02. The maximum atomic E-state index is 9.69. The highest BCUT2D eigenvalue weighted by Gasteiger charge is 2.44. The number of hydrogen-bond donors (Lipinski definition) is 4. The van der Waals surface area contributed by atoms with Crippen LogP contribution in [0.2, 0.25) is 0 Å². The van der Waals surface area contributed by atoms with Crippen molar-refractivity contribution >= 4 is 0 Å². The summed E-state index contributed by atoms with van der Waals surface area (Å²) in [6.07, 6.45) is -4.80. The molecule has 0 unspecified atom stereocenters. The van der Waals surface area contributed by atoms with Crippen LogP contribution in [0.4, 0.5) is 0 Å². The molecule has 5 N–H and O–H groups in total. The fourth-order valence-corrected chi connectivity index (χ4v) is 1.66. The summed E-state index contributed by atoms with van der Waals surface area (Å²) in [7, 11) is 0. The molecular weight excluding hydrogens is 198 g/mol. The largest absolute Gasteiger partial charge is 0.388 e. The molecule has 1 fully saturated rings. The first-order chi connectivity index (χ1) is 6.86. The fraction of sp³-hybridized carbons (Fsp3) is 0.800. The minimum atomic E-state index is -1.23. The molecule has 0 aromatic heterocycles. The average Bonchev–Trinajstić information content (AvgIpc) is 2.19. The Morgan fingerprint density at radius 2 is 1.80 bits per heavy atom. The monoisotopic (exact) mass is 217 g/mol. The molecule has 0 bridgehead atoms. The van der Waals surface area contributed by atoms with E-state index in [1.165, 1.54) is 0 Å². The van der Waals surface area contributed by atoms with Crippen molar-refractivity contribution in [1.82, 2.24) is 0 Å². The molecule has 1 rings (SSSR count). The first kappa shape index (κ1) is 12.6. The Morgan fingerprint density at radius 3 is 2.27 bits per heavy atom. The summed E-state index contributed by atoms with van der Waals surface area (Å²) >= 11 is 0. The normalized spacial score (nSPS) is 43.7. The second-order valence-electron chi connectivity index (χ2n) is 4.15. The molecule has 1 aliphatic rings. The van der Waals surface area contributed by atoms with Crippen LogP contribution in [0.5, 0.6) is 0 Å². The van der Waals surface area contributed by atoms with E-state index in [2.05, 4.69) is 6.58 Å². The van der Waals surface area contributed by atoms with Crippen molar-refractivity contribution in [3.05, 3.63) is 12.2 Å². The van der Waals surface area contributed by atoms with Crippen LogP contribution < -0.4 is 5.73 Å². The SMILES string of the molecule is C=C(C)[C@@H](N)[C@H]1O[C@H](C)[C@H](O)[C@@H](O)[C@H]1O. The van der Waals surface area contributed by atoms with E-state index in [9.17, 15) is 15.3 Å². The van der Waals surface area contributed by atoms with Crippen LogP contribution in [0.25, 0.3) is 0 Å². The summed E-state index contributed by atoms with van der Waals surface area (Å²) < 4.78 is 5.36. The smallest absolute Gasteiger partial charge is 0.111 e. The van der Waals surface area contributed by atoms with Crippen molar-refractivity contribution in [3.63, 3.8) is 0 Å². The van der Waals surface area contributed by atoms with Gasteiger partial charge in [-0.1, -0.05) is 12.2 Å². The molecule has 0 radical (unpaired) electrons. The van der Waals surface area contributed by atoms with Crippen molar-refractivity contribution in [2.24, 2.45) is 5.73 Å². The first-order valence-electron chi connectivity index (χ1n) is 4.97. The Kier molecular flexibility index (Phi) is 3.86. The molecule has 15 heavy (non-hydrogen) atoms. The van der Waals surface area contributed by atoms with Crippen molar-refractivity contribution in [1.29, 1.82) is 0 Å². The van der Waals surface area contributed by atoms with E-state index in [0.29, 0.717) is 5.57 Å². The molecule has 5 nitrogen and oxygen atoms in total. The summed E-state index contributed by atoms with van der Waals surface area (Å²) in [4.78, 5) is 0. The van der Waals surface area contributed by atoms with E-state index in [4.69, 9.17) is 10.5 Å². The molecule has 1 saturated heterocycles. The van der Waals surface area contributed by atoms with Gasteiger partial charge in [-0.15, -0.1) is 0 Å². The standard InChI is InChI=1S/C10H19NO4/c1-4(2)6(11)10-9(14)8(13)7(12)5(3)15-10/h5-10,12-14H,1,11H2,2-3H3/t5-,6-,7+,8-,9-,10-/m1/s1. The van der Waals surface area contributed by atoms with Crippen molar-refractivity contribution in [2.75, 3.05) is 0 Å². The molecule has 0 spiro atoms. The molecule has 5 heteroatoms. The van der Waals surface area contributed by atoms with Gasteiger partial charge in [-0.25, -0.2) is 0 Å². The molecule has 1 heterocycles. The Morgan fingerprint density at radius 1 is 1.27 bits per heavy atom. The zero-order valence-corrected chi connectivity index (χ0v) is 9.00. The number of rotatable bonds is 2. The van der Waals surface area contributed by atoms with Gasteiger partial charge in [0.25, 0.3) is 0 Å². The zero-order valence-electron chi connectivity index (χ0n) is 9.00. The minimum Gasteiger partial charge on any atom is -0.388 e. The predicted molar refractivity (Wildman–Crippen MR) is 55.1 cm³/mol. The lowest BCUT2D eigenvalue weighted by Crippen LogP contribution is -2.61. The fourth-order valence-electron chi connectivity index (χ4n) is 1.66. The summed E-state index contributed by atoms with van der Waals surface area (Å²) in [5.41, 5.74) is 6.44. The lowest BCUT2D eigenvalue weighted by atomic mass is 9.90. The first-order valence-corrected chi connectivity index (χ1v) is 4.97. The van der Waals surface area contributed by atoms with Gasteiger partial charge in [0, 0.05) is 0 Å². The Balaban J connectivity index is 2.78. The maximum Gasteiger partial charge on any atom is 0.111 e. The average molecular weight is 217 g/mol. The quantitative estimate of drug-likeness (QED) is 0.434. The highest BCUT2D eigenvalue weighted by Crippen LogP contribution is 2.24. The van der Waals surface area contributed by atoms with Crippen LogP contribution in [0, 0.1) is 0 Å². The molecule has 1 aliphatic heterocycles. The van der Waals surface area contributed by atoms with Gasteiger partial charge in [-0.2, -0.15) is 0 Å². The summed E-state index contributed by atoms with van der Waals surface area (Å²) in [6, 6.07) is -0.551. The Labute approximate surface area is 89.2 Å². The lowest BCUT2D eigenvalue weighted by Gasteiger charge is -2.41. The lowest BCUT2D eigenvalue weighted by molar-refractivity contribution is -0.219. The molecule has 0 aromatic carbocycles. The van der Waals surface area contributed by atoms with Crippen LogP contribution in [-0.2, 0) is 4.74 Å². The van der Waals surface area contributed by atoms with Gasteiger partial charge in [0.05, 0.1) is 12.1 Å². The van der Waals surface area contributed by atoms with Crippen molar-refractivity contribution in [2.45, 2.75) is 50.4 Å². The minimum absolute atomic E-state index is 0.551. The van der Waals surface area contributed by atoms with Crippen LogP contribution >= 0.6 is 0 Å². The van der Waals surface area contributed by atoms with Gasteiger partial charge < -0.3 is 25.8 Å². The third-order valence-corrected chi connectivity index (χ3v) is 2.81. The molecule has 0 aromatic rings. The third kappa shape index (κ3) is 2.38. The van der Waals surface area contributed by atoms with Crippen molar-refractivity contribution in [3.8, 4) is 0 Å². The second-order valence-corrected chi connectivity index (χ2v) is 4.15. The predicted octanol–water partition coefficient (Wildman–Crippen LogP) is -1.24. The van der Waals surface area contributed by atoms with Crippen LogP contribution in [0.1, 0.15) is 13.8 Å². The number of aliphatic hydroxyl groups is 3. The molecule has 6 atom stereocenters. The van der Waals surface area contributed by atoms with Gasteiger partial charge in [-0.3, -0.25) is 0 Å². The van der Waals surface area contributed by atoms with Crippen molar-refractivity contribution < 1.29 is 20.1 Å². The molecular formula is C10H19NO4. The van der Waals surface area contributed by atoms with E-state index in [-0.39, 0.29) is 0 Å². The van der Waals surface area contributed by atoms with Crippen LogP contribution in [0.3, 0.4) is 0 Å². The highest BCUT2D eigenvalue weighted by molar-refractivity contribution is 5.08. The third-order valence-electron chi connectivity index (χ3n) is 2.81. The topological polar surface area (TPSA) is 95.9 Å². The molecule has 0 saturated carbocycles. The van der Waals surface area contributed by atoms with E-state index in [1.807, 2.05) is 0 Å². The van der Waals surface area contributed by atoms with E-state index >= 15 is 0 Å². The molecule has 0 amide bonds. The van der Waals surface area contributed by atoms with Crippen LogP contribution in [-0.4, -0.2) is 51.9 Å². The van der Waals surface area contributed by atoms with Gasteiger partial charge in [0.1, 0.15) is 24.4 Å². The number of aliphatic hydroxyl groups excluding tert-OH is 3. The van der Waals surface area contributed by atoms with Crippen LogP contribution in [0.15, 0.2) is 12.2 Å². The van der Waals surface area contributed by atoms with Gasteiger partial charge in [0.2, 0.25) is 0 Å². The summed E-state index contributed by atoms with van der Waals surface area (Å²) in [5, 5.41) is 28.7. The second kappa shape index (κ2) is 4.59.